The lowest BCUT2D eigenvalue weighted by Crippen LogP contribution is -2.48. The molecule has 3 heterocycles. The number of hydrogen-bond acceptors (Lipinski definition) is 4. The van der Waals surface area contributed by atoms with Crippen molar-refractivity contribution >= 4 is 11.7 Å². The molecule has 172 valence electrons. The molecule has 1 atom stereocenters. The first kappa shape index (κ1) is 21.7. The molecule has 0 aliphatic carbocycles. The average molecular weight is 445 g/mol. The van der Waals surface area contributed by atoms with Gasteiger partial charge in [-0.05, 0) is 44.2 Å². The SMILES string of the molecule is CC1(C)CC(c2ccccc2)Nc2c(C(=O)N3CCC(O)(Cc4ccccc4)CC3)cnn21. The lowest BCUT2D eigenvalue weighted by Gasteiger charge is -2.40. The maximum absolute atomic E-state index is 13.5. The molecule has 5 rings (SSSR count). The molecule has 0 bridgehead atoms. The summed E-state index contributed by atoms with van der Waals surface area (Å²) in [5, 5.41) is 19.3. The highest BCUT2D eigenvalue weighted by atomic mass is 16.3. The summed E-state index contributed by atoms with van der Waals surface area (Å²) >= 11 is 0. The van der Waals surface area contributed by atoms with E-state index in [1.807, 2.05) is 58.1 Å². The molecule has 33 heavy (non-hydrogen) atoms. The molecule has 1 saturated heterocycles. The van der Waals surface area contributed by atoms with Crippen LogP contribution >= 0.6 is 0 Å². The number of nitrogens with one attached hydrogen (secondary N) is 1. The number of nitrogens with zero attached hydrogens (tertiary/aromatic N) is 3. The topological polar surface area (TPSA) is 70.4 Å². The highest BCUT2D eigenvalue weighted by molar-refractivity contribution is 5.99. The van der Waals surface area contributed by atoms with Crippen LogP contribution in [-0.2, 0) is 12.0 Å². The van der Waals surface area contributed by atoms with Gasteiger partial charge in [0.25, 0.3) is 5.91 Å². The smallest absolute Gasteiger partial charge is 0.259 e. The fraction of sp³-hybridized carbons (Fsp3) is 0.407. The van der Waals surface area contributed by atoms with Crippen LogP contribution in [0.1, 0.15) is 60.6 Å². The quantitative estimate of drug-likeness (QED) is 0.626. The van der Waals surface area contributed by atoms with Crippen molar-refractivity contribution in [1.29, 1.82) is 0 Å². The number of carbonyl (C=O) groups is 1. The van der Waals surface area contributed by atoms with Gasteiger partial charge in [0.15, 0.2) is 0 Å². The molecule has 0 spiro atoms. The van der Waals surface area contributed by atoms with E-state index in [1.54, 1.807) is 6.20 Å². The molecule has 1 fully saturated rings. The van der Waals surface area contributed by atoms with E-state index in [1.165, 1.54) is 5.56 Å². The van der Waals surface area contributed by atoms with E-state index in [0.29, 0.717) is 37.9 Å². The fourth-order valence-corrected chi connectivity index (χ4v) is 5.24. The summed E-state index contributed by atoms with van der Waals surface area (Å²) in [6.45, 7) is 5.41. The van der Waals surface area contributed by atoms with Crippen molar-refractivity contribution in [1.82, 2.24) is 14.7 Å². The maximum Gasteiger partial charge on any atom is 0.259 e. The van der Waals surface area contributed by atoms with Crippen LogP contribution in [0, 0.1) is 0 Å². The van der Waals surface area contributed by atoms with E-state index < -0.39 is 5.60 Å². The van der Waals surface area contributed by atoms with Crippen LogP contribution in [0.2, 0.25) is 0 Å². The molecule has 2 aliphatic heterocycles. The second-order valence-corrected chi connectivity index (χ2v) is 10.1. The van der Waals surface area contributed by atoms with Gasteiger partial charge in [-0.15, -0.1) is 0 Å². The Morgan fingerprint density at radius 2 is 1.70 bits per heavy atom. The highest BCUT2D eigenvalue weighted by Crippen LogP contribution is 2.40. The number of anilines is 1. The van der Waals surface area contributed by atoms with Crippen molar-refractivity contribution in [3.63, 3.8) is 0 Å². The molecule has 1 unspecified atom stereocenters. The standard InChI is InChI=1S/C27H32N4O2/c1-26(2)18-23(21-11-7-4-8-12-21)29-24-22(19-28-31(24)26)25(32)30-15-13-27(33,14-16-30)17-20-9-5-3-6-10-20/h3-12,19,23,29,33H,13-18H2,1-2H3. The second kappa shape index (κ2) is 8.34. The van der Waals surface area contributed by atoms with Gasteiger partial charge >= 0.3 is 0 Å². The molecule has 2 aromatic carbocycles. The molecule has 0 radical (unpaired) electrons. The maximum atomic E-state index is 13.5. The Morgan fingerprint density at radius 1 is 1.06 bits per heavy atom. The van der Waals surface area contributed by atoms with Gasteiger partial charge in [0.05, 0.1) is 23.4 Å². The van der Waals surface area contributed by atoms with E-state index in [0.717, 1.165) is 17.8 Å². The summed E-state index contributed by atoms with van der Waals surface area (Å²) in [7, 11) is 0. The molecule has 6 nitrogen and oxygen atoms in total. The molecule has 0 saturated carbocycles. The van der Waals surface area contributed by atoms with Crippen molar-refractivity contribution < 1.29 is 9.90 Å². The van der Waals surface area contributed by atoms with Crippen LogP contribution < -0.4 is 5.32 Å². The minimum Gasteiger partial charge on any atom is -0.389 e. The van der Waals surface area contributed by atoms with E-state index in [4.69, 9.17) is 0 Å². The van der Waals surface area contributed by atoms with Gasteiger partial charge in [-0.2, -0.15) is 5.10 Å². The highest BCUT2D eigenvalue weighted by Gasteiger charge is 2.39. The minimum atomic E-state index is -0.769. The predicted molar refractivity (Wildman–Crippen MR) is 129 cm³/mol. The third-order valence-electron chi connectivity index (χ3n) is 7.15. The van der Waals surface area contributed by atoms with Gasteiger partial charge in [-0.3, -0.25) is 4.79 Å². The van der Waals surface area contributed by atoms with Crippen molar-refractivity contribution in [3.05, 3.63) is 83.6 Å². The number of carbonyl (C=O) groups excluding carboxylic acids is 1. The zero-order valence-corrected chi connectivity index (χ0v) is 19.4. The second-order valence-electron chi connectivity index (χ2n) is 10.1. The number of aromatic nitrogens is 2. The van der Waals surface area contributed by atoms with E-state index >= 15 is 0 Å². The van der Waals surface area contributed by atoms with Crippen LogP contribution in [0.25, 0.3) is 0 Å². The average Bonchev–Trinajstić information content (AvgIpc) is 3.25. The van der Waals surface area contributed by atoms with Crippen LogP contribution in [-0.4, -0.2) is 44.4 Å². The Labute approximate surface area is 195 Å². The van der Waals surface area contributed by atoms with Gasteiger partial charge in [-0.25, -0.2) is 4.68 Å². The first-order valence-corrected chi connectivity index (χ1v) is 11.8. The molecular weight excluding hydrogens is 412 g/mol. The molecule has 1 amide bonds. The molecule has 3 aromatic rings. The summed E-state index contributed by atoms with van der Waals surface area (Å²) in [6, 6.07) is 20.6. The number of hydrogen-bond donors (Lipinski definition) is 2. The lowest BCUT2D eigenvalue weighted by atomic mass is 9.85. The Morgan fingerprint density at radius 3 is 2.36 bits per heavy atom. The summed E-state index contributed by atoms with van der Waals surface area (Å²) in [6.07, 6.45) is 4.35. The van der Waals surface area contributed by atoms with Gasteiger partial charge < -0.3 is 15.3 Å². The lowest BCUT2D eigenvalue weighted by molar-refractivity contribution is -0.0162. The monoisotopic (exact) mass is 444 g/mol. The zero-order chi connectivity index (χ0) is 23.1. The minimum absolute atomic E-state index is 0.0185. The van der Waals surface area contributed by atoms with Gasteiger partial charge in [-0.1, -0.05) is 60.7 Å². The van der Waals surface area contributed by atoms with Crippen molar-refractivity contribution in [3.8, 4) is 0 Å². The normalized spacial score (nSPS) is 21.2. The largest absolute Gasteiger partial charge is 0.389 e. The van der Waals surface area contributed by atoms with Gasteiger partial charge in [0.1, 0.15) is 11.4 Å². The third-order valence-corrected chi connectivity index (χ3v) is 7.15. The van der Waals surface area contributed by atoms with Crippen molar-refractivity contribution in [2.24, 2.45) is 0 Å². The third kappa shape index (κ3) is 4.27. The zero-order valence-electron chi connectivity index (χ0n) is 19.4. The molecule has 2 N–H and O–H groups in total. The van der Waals surface area contributed by atoms with Crippen LogP contribution in [0.3, 0.4) is 0 Å². The first-order chi connectivity index (χ1) is 15.8. The number of fused-ring (bicyclic) bond motifs is 1. The Balaban J connectivity index is 1.32. The first-order valence-electron chi connectivity index (χ1n) is 11.8. The van der Waals surface area contributed by atoms with E-state index in [-0.39, 0.29) is 17.5 Å². The molecule has 2 aliphatic rings. The summed E-state index contributed by atoms with van der Waals surface area (Å²) in [4.78, 5) is 15.4. The van der Waals surface area contributed by atoms with E-state index in [9.17, 15) is 9.90 Å². The number of benzene rings is 2. The Kier molecular flexibility index (Phi) is 5.49. The number of aliphatic hydroxyl groups is 1. The molecule has 1 aromatic heterocycles. The number of rotatable bonds is 4. The number of piperidine rings is 1. The Bertz CT molecular complexity index is 1120. The summed E-state index contributed by atoms with van der Waals surface area (Å²) < 4.78 is 1.95. The summed E-state index contributed by atoms with van der Waals surface area (Å²) in [5.41, 5.74) is 1.97. The van der Waals surface area contributed by atoms with Crippen molar-refractivity contribution in [2.45, 2.75) is 56.7 Å². The molecule has 6 heteroatoms. The number of likely N-dealkylation sites (tertiary alicyclic amines) is 1. The van der Waals surface area contributed by atoms with Gasteiger partial charge in [0, 0.05) is 19.5 Å². The van der Waals surface area contributed by atoms with Gasteiger partial charge in [0.2, 0.25) is 0 Å². The van der Waals surface area contributed by atoms with Crippen LogP contribution in [0.4, 0.5) is 5.82 Å². The summed E-state index contributed by atoms with van der Waals surface area (Å²) in [5.74, 6) is 0.769. The fourth-order valence-electron chi connectivity index (χ4n) is 5.24. The Hall–Kier alpha value is -3.12. The van der Waals surface area contributed by atoms with Crippen LogP contribution in [0.15, 0.2) is 66.9 Å². The predicted octanol–water partition coefficient (Wildman–Crippen LogP) is 4.38. The molecular formula is C27H32N4O2. The number of amides is 1. The van der Waals surface area contributed by atoms with Crippen molar-refractivity contribution in [2.75, 3.05) is 18.4 Å². The van der Waals surface area contributed by atoms with E-state index in [2.05, 4.69) is 36.4 Å². The van der Waals surface area contributed by atoms with Crippen LogP contribution in [0.5, 0.6) is 0 Å².